The monoisotopic (exact) mass is 738 g/mol. The lowest BCUT2D eigenvalue weighted by atomic mass is 9.91. The summed E-state index contributed by atoms with van der Waals surface area (Å²) in [4.78, 5) is 27.9. The van der Waals surface area contributed by atoms with Crippen LogP contribution in [-0.4, -0.2) is 87.5 Å². The molecule has 6 heterocycles. The number of nitrogen functional groups attached to an aromatic ring is 1. The van der Waals surface area contributed by atoms with Crippen LogP contribution in [0.15, 0.2) is 6.07 Å². The molecule has 2 saturated heterocycles. The maximum atomic E-state index is 15.7. The molecule has 4 aliphatic rings. The van der Waals surface area contributed by atoms with Gasteiger partial charge in [0.15, 0.2) is 11.5 Å². The van der Waals surface area contributed by atoms with E-state index in [0.29, 0.717) is 60.8 Å². The van der Waals surface area contributed by atoms with E-state index in [1.54, 1.807) is 18.8 Å². The average molecular weight is 739 g/mol. The first-order valence-corrected chi connectivity index (χ1v) is 17.4. The molecule has 0 spiro atoms. The lowest BCUT2D eigenvalue weighted by molar-refractivity contribution is -0.140. The number of ether oxygens (including phenoxy) is 2. The van der Waals surface area contributed by atoms with Crippen molar-refractivity contribution in [1.82, 2.24) is 29.5 Å². The number of halogens is 5. The molecule has 0 bridgehead atoms. The molecular formula is C37H39F5N8O3. The highest BCUT2D eigenvalue weighted by Gasteiger charge is 2.49. The van der Waals surface area contributed by atoms with Gasteiger partial charge in [-0.2, -0.15) is 28.2 Å². The predicted molar refractivity (Wildman–Crippen MR) is 184 cm³/mol. The number of nitrogens with zero attached hydrogens (tertiary/aromatic N) is 7. The van der Waals surface area contributed by atoms with Crippen molar-refractivity contribution in [1.29, 1.82) is 0 Å². The molecule has 1 amide bonds. The number of nitrogens with two attached hydrogens (primary N) is 1. The lowest BCUT2D eigenvalue weighted by Crippen LogP contribution is -2.43. The number of amides is 1. The van der Waals surface area contributed by atoms with Gasteiger partial charge >= 0.3 is 12.2 Å². The molecule has 0 unspecified atom stereocenters. The summed E-state index contributed by atoms with van der Waals surface area (Å²) in [5.41, 5.74) is 4.27. The van der Waals surface area contributed by atoms with Crippen molar-refractivity contribution in [3.05, 3.63) is 56.8 Å². The second kappa shape index (κ2) is 13.8. The Morgan fingerprint density at radius 1 is 1.23 bits per heavy atom. The normalized spacial score (nSPS) is 22.6. The number of hydrogen-bond acceptors (Lipinski definition) is 9. The molecule has 0 aliphatic carbocycles. The van der Waals surface area contributed by atoms with Crippen molar-refractivity contribution >= 4 is 17.4 Å². The van der Waals surface area contributed by atoms with E-state index in [0.717, 1.165) is 25.5 Å². The maximum Gasteiger partial charge on any atom is 0.418 e. The summed E-state index contributed by atoms with van der Waals surface area (Å²) in [6.45, 7) is 3.37. The van der Waals surface area contributed by atoms with Crippen molar-refractivity contribution in [3.8, 4) is 30.2 Å². The van der Waals surface area contributed by atoms with Crippen molar-refractivity contribution < 1.29 is 36.2 Å². The second-order valence-electron chi connectivity index (χ2n) is 14.1. The number of aryl methyl sites for hydroxylation is 1. The smallest absolute Gasteiger partial charge is 0.418 e. The summed E-state index contributed by atoms with van der Waals surface area (Å²) in [7, 11) is 3.22. The van der Waals surface area contributed by atoms with Crippen molar-refractivity contribution in [2.75, 3.05) is 51.0 Å². The van der Waals surface area contributed by atoms with Gasteiger partial charge in [-0.3, -0.25) is 14.4 Å². The summed E-state index contributed by atoms with van der Waals surface area (Å²) in [6, 6.07) is 0.826. The third-order valence-electron chi connectivity index (χ3n) is 10.5. The number of hydrogen-bond donors (Lipinski definition) is 1. The molecule has 1 aromatic carbocycles. The minimum absolute atomic E-state index is 0.0528. The van der Waals surface area contributed by atoms with Crippen LogP contribution in [0, 0.1) is 30.0 Å². The fraction of sp³-hybridized carbons (Fsp3) is 0.514. The average Bonchev–Trinajstić information content (AvgIpc) is 3.70. The van der Waals surface area contributed by atoms with E-state index in [1.807, 2.05) is 4.90 Å². The number of carbonyl (C=O) groups excluding carboxylic acids is 1. The first kappa shape index (κ1) is 36.4. The van der Waals surface area contributed by atoms with E-state index in [9.17, 15) is 22.4 Å². The standard InChI is InChI=1S/C37H39F5N8O3/c1-5-9-21-14-25(43)31(39)29(30(21)37(40,41)42)28-15-26-24(19-52-28)33(45-35(44-26)53-20-36-10-7-12-49(36)17-22(38)16-36)48-11-8-13-50-27(18-48)23(6-2)32(46-50)34(51)47(3)4/h2,14,22,28H,7-8,10-13,15-20,43H2,1,3-4H3/t22-,28+,36+/m1/s1. The van der Waals surface area contributed by atoms with Gasteiger partial charge in [0.1, 0.15) is 18.6 Å². The Balaban J connectivity index is 1.31. The zero-order valence-electron chi connectivity index (χ0n) is 29.6. The van der Waals surface area contributed by atoms with E-state index >= 15 is 4.39 Å². The van der Waals surface area contributed by atoms with Crippen LogP contribution in [0.25, 0.3) is 0 Å². The molecule has 3 aromatic rings. The van der Waals surface area contributed by atoms with Crippen LogP contribution in [0.1, 0.15) is 88.4 Å². The number of rotatable bonds is 6. The van der Waals surface area contributed by atoms with Gasteiger partial charge in [0.25, 0.3) is 5.91 Å². The Bertz CT molecular complexity index is 2070. The first-order chi connectivity index (χ1) is 25.2. The Kier molecular flexibility index (Phi) is 9.49. The van der Waals surface area contributed by atoms with Crippen LogP contribution >= 0.6 is 0 Å². The Morgan fingerprint density at radius 2 is 2.02 bits per heavy atom. The number of anilines is 2. The summed E-state index contributed by atoms with van der Waals surface area (Å²) in [5.74, 6) is 6.29. The molecule has 2 aromatic heterocycles. The highest BCUT2D eigenvalue weighted by Crippen LogP contribution is 2.45. The van der Waals surface area contributed by atoms with Crippen molar-refractivity contribution in [2.24, 2.45) is 0 Å². The van der Waals surface area contributed by atoms with Gasteiger partial charge in [0.2, 0.25) is 0 Å². The minimum atomic E-state index is -4.98. The molecular weight excluding hydrogens is 699 g/mol. The number of fused-ring (bicyclic) bond motifs is 3. The predicted octanol–water partition coefficient (Wildman–Crippen LogP) is 4.65. The minimum Gasteiger partial charge on any atom is -0.461 e. The van der Waals surface area contributed by atoms with Crippen LogP contribution in [0.4, 0.5) is 33.5 Å². The highest BCUT2D eigenvalue weighted by molar-refractivity contribution is 5.94. The first-order valence-electron chi connectivity index (χ1n) is 17.4. The number of benzene rings is 1. The summed E-state index contributed by atoms with van der Waals surface area (Å²) in [5, 5.41) is 4.54. The zero-order chi connectivity index (χ0) is 37.8. The molecule has 16 heteroatoms. The SMILES string of the molecule is C#Cc1c(C(=O)N(C)C)nn2c1CN(c1nc(OC[C@@]34CCCN3C[C@H](F)C4)nc3c1CO[C@H](c1c(F)c(N)cc(C#CC)c1C(F)(F)F)C3)CCC2. The topological polar surface area (TPSA) is 115 Å². The Hall–Kier alpha value is -4.93. The molecule has 7 rings (SSSR count). The van der Waals surface area contributed by atoms with Crippen LogP contribution in [0.3, 0.4) is 0 Å². The van der Waals surface area contributed by atoms with Gasteiger partial charge in [-0.15, -0.1) is 12.3 Å². The molecule has 280 valence electrons. The van der Waals surface area contributed by atoms with Crippen molar-refractivity contribution in [3.63, 3.8) is 0 Å². The van der Waals surface area contributed by atoms with E-state index in [2.05, 4.69) is 32.7 Å². The van der Waals surface area contributed by atoms with Gasteiger partial charge in [-0.1, -0.05) is 11.8 Å². The summed E-state index contributed by atoms with van der Waals surface area (Å²) in [6.07, 6.45) is 0.762. The molecule has 0 radical (unpaired) electrons. The van der Waals surface area contributed by atoms with Crippen LogP contribution < -0.4 is 15.4 Å². The summed E-state index contributed by atoms with van der Waals surface area (Å²) >= 11 is 0. The molecule has 2 fully saturated rings. The second-order valence-corrected chi connectivity index (χ2v) is 14.1. The van der Waals surface area contributed by atoms with E-state index < -0.39 is 52.2 Å². The van der Waals surface area contributed by atoms with Gasteiger partial charge in [-0.25, -0.2) is 8.78 Å². The third-order valence-corrected chi connectivity index (χ3v) is 10.5. The van der Waals surface area contributed by atoms with Crippen LogP contribution in [0.5, 0.6) is 6.01 Å². The van der Waals surface area contributed by atoms with E-state index in [1.165, 1.54) is 11.8 Å². The van der Waals surface area contributed by atoms with E-state index in [4.69, 9.17) is 26.6 Å². The van der Waals surface area contributed by atoms with Gasteiger partial charge in [0.05, 0.1) is 53.0 Å². The highest BCUT2D eigenvalue weighted by atomic mass is 19.4. The molecule has 0 saturated carbocycles. The molecule has 53 heavy (non-hydrogen) atoms. The number of aromatic nitrogens is 4. The molecule has 2 N–H and O–H groups in total. The Labute approximate surface area is 303 Å². The fourth-order valence-corrected chi connectivity index (χ4v) is 8.14. The Morgan fingerprint density at radius 3 is 2.74 bits per heavy atom. The van der Waals surface area contributed by atoms with E-state index in [-0.39, 0.29) is 43.8 Å². The largest absolute Gasteiger partial charge is 0.461 e. The van der Waals surface area contributed by atoms with Crippen LogP contribution in [-0.2, 0) is 37.0 Å². The number of terminal acetylenes is 1. The third kappa shape index (κ3) is 6.52. The molecule has 4 aliphatic heterocycles. The maximum absolute atomic E-state index is 15.7. The molecule has 11 nitrogen and oxygen atoms in total. The zero-order valence-corrected chi connectivity index (χ0v) is 29.6. The van der Waals surface area contributed by atoms with Crippen molar-refractivity contribution in [2.45, 2.75) is 82.7 Å². The van der Waals surface area contributed by atoms with Gasteiger partial charge in [0, 0.05) is 63.3 Å². The summed E-state index contributed by atoms with van der Waals surface area (Å²) < 4.78 is 88.2. The number of carbonyl (C=O) groups is 1. The lowest BCUT2D eigenvalue weighted by Gasteiger charge is -2.33. The number of alkyl halides is 4. The molecule has 3 atom stereocenters. The fourth-order valence-electron chi connectivity index (χ4n) is 8.14. The van der Waals surface area contributed by atoms with Gasteiger partial charge < -0.3 is 25.0 Å². The van der Waals surface area contributed by atoms with Gasteiger partial charge in [-0.05, 0) is 38.8 Å². The quantitative estimate of drug-likeness (QED) is 0.220. The van der Waals surface area contributed by atoms with Crippen LogP contribution in [0.2, 0.25) is 0 Å².